The molecule has 1 spiro atoms. The molecule has 7 heteroatoms. The van der Waals surface area contributed by atoms with Gasteiger partial charge in [-0.3, -0.25) is 4.72 Å². The summed E-state index contributed by atoms with van der Waals surface area (Å²) in [5, 5.41) is 0. The zero-order valence-corrected chi connectivity index (χ0v) is 16.3. The van der Waals surface area contributed by atoms with E-state index in [4.69, 9.17) is 0 Å². The van der Waals surface area contributed by atoms with Crippen molar-refractivity contribution < 1.29 is 17.6 Å². The van der Waals surface area contributed by atoms with Gasteiger partial charge in [-0.05, 0) is 61.5 Å². The van der Waals surface area contributed by atoms with Crippen molar-refractivity contribution >= 4 is 11.9 Å². The maximum Gasteiger partial charge on any atom is 0.149 e. The molecule has 0 aromatic heterocycles. The van der Waals surface area contributed by atoms with Crippen LogP contribution in [0, 0.1) is 22.9 Å². The Hall–Kier alpha value is -1.57. The Morgan fingerprint density at radius 1 is 1.14 bits per heavy atom. The second-order valence-electron chi connectivity index (χ2n) is 7.83. The van der Waals surface area contributed by atoms with Crippen molar-refractivity contribution in [1.29, 1.82) is 0 Å². The second kappa shape index (κ2) is 7.69. The van der Waals surface area contributed by atoms with Crippen LogP contribution in [0.1, 0.15) is 18.4 Å². The monoisotopic (exact) mass is 410 g/mol. The third-order valence-corrected chi connectivity index (χ3v) is 6.54. The van der Waals surface area contributed by atoms with Crippen LogP contribution in [-0.2, 0) is 6.42 Å². The molecule has 28 heavy (non-hydrogen) atoms. The quantitative estimate of drug-likeness (QED) is 0.536. The average molecular weight is 410 g/mol. The summed E-state index contributed by atoms with van der Waals surface area (Å²) in [5.74, 6) is -1.94. The standard InChI is InChI=1S/C21H22F4N2S/c1-27-11-21(5-6-21)20(26-28-12-22)18(27)9-13-3-2-4-17(19(13)25)14-7-15(23)10-16(24)8-14/h2-4,7-8,10,18,20,26H,5-6,9,11-12H2,1H3. The van der Waals surface area contributed by atoms with Crippen molar-refractivity contribution in [3.05, 3.63) is 59.4 Å². The minimum Gasteiger partial charge on any atom is -0.301 e. The number of nitrogens with zero attached hydrogens (tertiary/aromatic N) is 1. The number of nitrogens with one attached hydrogen (secondary N) is 1. The van der Waals surface area contributed by atoms with E-state index in [1.54, 1.807) is 12.1 Å². The molecular weight excluding hydrogens is 388 g/mol. The van der Waals surface area contributed by atoms with Crippen LogP contribution in [-0.4, -0.2) is 36.6 Å². The summed E-state index contributed by atoms with van der Waals surface area (Å²) in [6, 6.07) is 7.57. The van der Waals surface area contributed by atoms with Crippen LogP contribution in [0.25, 0.3) is 11.1 Å². The molecule has 0 radical (unpaired) electrons. The summed E-state index contributed by atoms with van der Waals surface area (Å²) >= 11 is 1.05. The highest BCUT2D eigenvalue weighted by molar-refractivity contribution is 7.97. The lowest BCUT2D eigenvalue weighted by Gasteiger charge is -2.27. The molecule has 2 aromatic carbocycles. The third-order valence-electron chi connectivity index (χ3n) is 6.01. The zero-order valence-electron chi connectivity index (χ0n) is 15.5. The Labute approximate surface area is 166 Å². The number of hydrogen-bond acceptors (Lipinski definition) is 3. The van der Waals surface area contributed by atoms with E-state index < -0.39 is 23.5 Å². The predicted molar refractivity (Wildman–Crippen MR) is 104 cm³/mol. The van der Waals surface area contributed by atoms with Crippen LogP contribution >= 0.6 is 11.9 Å². The van der Waals surface area contributed by atoms with Crippen molar-refractivity contribution in [3.8, 4) is 11.1 Å². The number of rotatable bonds is 6. The Morgan fingerprint density at radius 2 is 1.86 bits per heavy atom. The molecule has 1 aliphatic heterocycles. The smallest absolute Gasteiger partial charge is 0.149 e. The molecule has 1 heterocycles. The normalized spacial score (nSPS) is 23.5. The molecule has 0 amide bonds. The Morgan fingerprint density at radius 3 is 2.50 bits per heavy atom. The van der Waals surface area contributed by atoms with Gasteiger partial charge in [-0.2, -0.15) is 0 Å². The molecule has 2 aromatic rings. The molecule has 2 nitrogen and oxygen atoms in total. The molecule has 150 valence electrons. The van der Waals surface area contributed by atoms with Gasteiger partial charge in [0.05, 0.1) is 0 Å². The minimum absolute atomic E-state index is 0.0237. The van der Waals surface area contributed by atoms with E-state index in [1.165, 1.54) is 6.07 Å². The first-order chi connectivity index (χ1) is 13.4. The van der Waals surface area contributed by atoms with E-state index in [2.05, 4.69) is 9.62 Å². The number of benzene rings is 2. The van der Waals surface area contributed by atoms with Gasteiger partial charge in [0, 0.05) is 35.7 Å². The van der Waals surface area contributed by atoms with Crippen molar-refractivity contribution in [3.63, 3.8) is 0 Å². The number of alkyl halides is 1. The first kappa shape index (κ1) is 19.7. The Bertz CT molecular complexity index is 851. The largest absolute Gasteiger partial charge is 0.301 e. The summed E-state index contributed by atoms with van der Waals surface area (Å²) in [7, 11) is 2.01. The van der Waals surface area contributed by atoms with E-state index in [-0.39, 0.29) is 28.6 Å². The highest BCUT2D eigenvalue weighted by atomic mass is 32.2. The van der Waals surface area contributed by atoms with Crippen LogP contribution in [0.4, 0.5) is 17.6 Å². The molecule has 2 unspecified atom stereocenters. The van der Waals surface area contributed by atoms with Crippen molar-refractivity contribution in [2.24, 2.45) is 5.41 Å². The van der Waals surface area contributed by atoms with Gasteiger partial charge in [-0.15, -0.1) is 0 Å². The average Bonchev–Trinajstić information content (AvgIpc) is 3.36. The van der Waals surface area contributed by atoms with Crippen LogP contribution in [0.3, 0.4) is 0 Å². The first-order valence-corrected chi connectivity index (χ1v) is 10.3. The number of hydrogen-bond donors (Lipinski definition) is 1. The highest BCUT2D eigenvalue weighted by Gasteiger charge is 2.58. The molecule has 0 bridgehead atoms. The summed E-state index contributed by atoms with van der Waals surface area (Å²) in [5.41, 5.74) is 0.994. The van der Waals surface area contributed by atoms with Crippen LogP contribution < -0.4 is 4.72 Å². The van der Waals surface area contributed by atoms with Crippen molar-refractivity contribution in [1.82, 2.24) is 9.62 Å². The molecule has 1 aliphatic carbocycles. The number of halogens is 4. The molecule has 1 saturated carbocycles. The van der Waals surface area contributed by atoms with Gasteiger partial charge in [-0.25, -0.2) is 17.6 Å². The zero-order chi connectivity index (χ0) is 19.9. The fourth-order valence-electron chi connectivity index (χ4n) is 4.50. The van der Waals surface area contributed by atoms with E-state index in [0.717, 1.165) is 49.5 Å². The number of likely N-dealkylation sites (N-methyl/N-ethyl adjacent to an activating group) is 1. The number of likely N-dealkylation sites (tertiary alicyclic amines) is 1. The first-order valence-electron chi connectivity index (χ1n) is 9.31. The van der Waals surface area contributed by atoms with Gasteiger partial charge >= 0.3 is 0 Å². The molecule has 1 N–H and O–H groups in total. The maximum absolute atomic E-state index is 15.2. The Balaban J connectivity index is 1.63. The molecular formula is C21H22F4N2S. The molecule has 2 atom stereocenters. The lowest BCUT2D eigenvalue weighted by molar-refractivity contribution is 0.289. The van der Waals surface area contributed by atoms with Crippen LogP contribution in [0.2, 0.25) is 0 Å². The van der Waals surface area contributed by atoms with E-state index in [1.807, 2.05) is 7.05 Å². The summed E-state index contributed by atoms with van der Waals surface area (Å²) in [4.78, 5) is 2.21. The van der Waals surface area contributed by atoms with Gasteiger partial charge in [0.2, 0.25) is 0 Å². The van der Waals surface area contributed by atoms with Gasteiger partial charge in [0.1, 0.15) is 23.5 Å². The summed E-state index contributed by atoms with van der Waals surface area (Å²) in [6.07, 6.45) is 2.62. The molecule has 2 aliphatic rings. The van der Waals surface area contributed by atoms with Gasteiger partial charge in [0.15, 0.2) is 0 Å². The highest BCUT2D eigenvalue weighted by Crippen LogP contribution is 2.55. The predicted octanol–water partition coefficient (Wildman–Crippen LogP) is 4.94. The second-order valence-corrected chi connectivity index (χ2v) is 8.58. The fourth-order valence-corrected chi connectivity index (χ4v) is 5.15. The van der Waals surface area contributed by atoms with Gasteiger partial charge in [0.25, 0.3) is 0 Å². The topological polar surface area (TPSA) is 15.3 Å². The van der Waals surface area contributed by atoms with E-state index >= 15 is 4.39 Å². The lowest BCUT2D eigenvalue weighted by atomic mass is 9.91. The van der Waals surface area contributed by atoms with E-state index in [9.17, 15) is 13.2 Å². The molecule has 4 rings (SSSR count). The van der Waals surface area contributed by atoms with Crippen molar-refractivity contribution in [2.75, 3.05) is 19.6 Å². The maximum atomic E-state index is 15.2. The Kier molecular flexibility index (Phi) is 5.42. The molecule has 1 saturated heterocycles. The third kappa shape index (κ3) is 3.67. The fraction of sp³-hybridized carbons (Fsp3) is 0.429. The summed E-state index contributed by atoms with van der Waals surface area (Å²) in [6.45, 7) is 0.901. The van der Waals surface area contributed by atoms with Crippen LogP contribution in [0.15, 0.2) is 36.4 Å². The van der Waals surface area contributed by atoms with E-state index in [0.29, 0.717) is 12.0 Å². The summed E-state index contributed by atoms with van der Waals surface area (Å²) < 4.78 is 58.3. The van der Waals surface area contributed by atoms with Gasteiger partial charge < -0.3 is 4.90 Å². The lowest BCUT2D eigenvalue weighted by Crippen LogP contribution is -2.43. The van der Waals surface area contributed by atoms with Crippen molar-refractivity contribution in [2.45, 2.75) is 31.3 Å². The van der Waals surface area contributed by atoms with Crippen LogP contribution in [0.5, 0.6) is 0 Å². The SMILES string of the molecule is CN1CC2(CC2)C(NSCF)C1Cc1cccc(-c2cc(F)cc(F)c2)c1F. The molecule has 2 fully saturated rings. The minimum atomic E-state index is -0.737. The van der Waals surface area contributed by atoms with Gasteiger partial charge in [-0.1, -0.05) is 18.2 Å².